The minimum Gasteiger partial charge on any atom is -0.496 e. The Hall–Kier alpha value is -3.92. The van der Waals surface area contributed by atoms with E-state index in [0.29, 0.717) is 45.1 Å². The molecular weight excluding hydrogens is 449 g/mol. The molecule has 0 N–H and O–H groups in total. The largest absolute Gasteiger partial charge is 0.496 e. The highest BCUT2D eigenvalue weighted by atomic mass is 32.2. The molecule has 1 fully saturated rings. The van der Waals surface area contributed by atoms with E-state index >= 15 is 0 Å². The van der Waals surface area contributed by atoms with Gasteiger partial charge in [0.25, 0.3) is 11.6 Å². The van der Waals surface area contributed by atoms with Gasteiger partial charge in [-0.15, -0.1) is 0 Å². The molecule has 0 aliphatic carbocycles. The quantitative estimate of drug-likeness (QED) is 0.265. The number of methoxy groups -OCH3 is 1. The molecule has 0 saturated carbocycles. The van der Waals surface area contributed by atoms with Crippen LogP contribution >= 0.6 is 11.8 Å². The van der Waals surface area contributed by atoms with Crippen LogP contribution in [0.15, 0.2) is 68.9 Å². The van der Waals surface area contributed by atoms with Crippen molar-refractivity contribution in [1.29, 1.82) is 0 Å². The topological polar surface area (TPSA) is 98.2 Å². The summed E-state index contributed by atoms with van der Waals surface area (Å²) in [6, 6.07) is 13.3. The standard InChI is InChI=1S/C23H18FN3O5S/c1-3-26-22(28)21(33-23(26)25-15-6-4-14(24)5-7-15)13-17-9-11-19(32-17)18-10-8-16(27(29)30)12-20(18)31-2/h4-13H,3H2,1-2H3/b21-13+,25-23?. The first-order valence-corrected chi connectivity index (χ1v) is 10.7. The zero-order valence-corrected chi connectivity index (χ0v) is 18.5. The SMILES string of the molecule is CCN1C(=O)/C(=C\c2ccc(-c3ccc([N+](=O)[O-])cc3OC)o2)SC1=Nc1ccc(F)cc1. The number of furan rings is 1. The molecule has 0 radical (unpaired) electrons. The molecule has 10 heteroatoms. The summed E-state index contributed by atoms with van der Waals surface area (Å²) < 4.78 is 24.3. The Labute approximate surface area is 192 Å². The molecule has 1 aromatic heterocycles. The molecule has 2 heterocycles. The Morgan fingerprint density at radius 3 is 2.64 bits per heavy atom. The van der Waals surface area contributed by atoms with E-state index in [1.807, 2.05) is 6.92 Å². The predicted octanol–water partition coefficient (Wildman–Crippen LogP) is 5.63. The fraction of sp³-hybridized carbons (Fsp3) is 0.130. The van der Waals surface area contributed by atoms with Crippen LogP contribution in [0.2, 0.25) is 0 Å². The van der Waals surface area contributed by atoms with Crippen LogP contribution in [0.5, 0.6) is 5.75 Å². The van der Waals surface area contributed by atoms with E-state index in [4.69, 9.17) is 9.15 Å². The minimum absolute atomic E-state index is 0.0925. The number of hydrogen-bond acceptors (Lipinski definition) is 7. The van der Waals surface area contributed by atoms with Crippen LogP contribution < -0.4 is 4.74 Å². The summed E-state index contributed by atoms with van der Waals surface area (Å²) in [4.78, 5) is 29.8. The number of likely N-dealkylation sites (N-methyl/N-ethyl adjacent to an activating group) is 1. The first-order chi connectivity index (χ1) is 15.9. The van der Waals surface area contributed by atoms with Gasteiger partial charge >= 0.3 is 0 Å². The smallest absolute Gasteiger partial charge is 0.273 e. The van der Waals surface area contributed by atoms with E-state index in [0.717, 1.165) is 0 Å². The molecule has 3 aromatic rings. The second kappa shape index (κ2) is 9.29. The van der Waals surface area contributed by atoms with Crippen molar-refractivity contribution in [2.45, 2.75) is 6.92 Å². The number of ether oxygens (including phenoxy) is 1. The molecule has 33 heavy (non-hydrogen) atoms. The van der Waals surface area contributed by atoms with Gasteiger partial charge in [-0.1, -0.05) is 0 Å². The van der Waals surface area contributed by atoms with Crippen LogP contribution in [-0.4, -0.2) is 34.6 Å². The molecular formula is C23H18FN3O5S. The third-order valence-corrected chi connectivity index (χ3v) is 5.82. The lowest BCUT2D eigenvalue weighted by Gasteiger charge is -2.11. The number of thioether (sulfide) groups is 1. The number of non-ortho nitro benzene ring substituents is 1. The Kier molecular flexibility index (Phi) is 6.27. The number of nitro benzene ring substituents is 1. The maximum absolute atomic E-state index is 13.2. The van der Waals surface area contributed by atoms with Crippen LogP contribution in [-0.2, 0) is 4.79 Å². The molecule has 0 spiro atoms. The number of nitro groups is 1. The van der Waals surface area contributed by atoms with Crippen LogP contribution in [0.25, 0.3) is 17.4 Å². The minimum atomic E-state index is -0.502. The zero-order chi connectivity index (χ0) is 23.5. The van der Waals surface area contributed by atoms with Gasteiger partial charge in [-0.2, -0.15) is 0 Å². The fourth-order valence-corrected chi connectivity index (χ4v) is 4.24. The number of nitrogens with zero attached hydrogens (tertiary/aromatic N) is 3. The molecule has 2 aromatic carbocycles. The summed E-state index contributed by atoms with van der Waals surface area (Å²) in [6.07, 6.45) is 1.62. The lowest BCUT2D eigenvalue weighted by Crippen LogP contribution is -2.28. The van der Waals surface area contributed by atoms with Gasteiger partial charge in [0.15, 0.2) is 5.17 Å². The van der Waals surface area contributed by atoms with Gasteiger partial charge in [-0.25, -0.2) is 9.38 Å². The number of carbonyl (C=O) groups is 1. The number of aliphatic imine (C=N–C) groups is 1. The van der Waals surface area contributed by atoms with Crippen molar-refractivity contribution < 1.29 is 23.3 Å². The van der Waals surface area contributed by atoms with Gasteiger partial charge in [0, 0.05) is 18.7 Å². The molecule has 1 aliphatic rings. The Morgan fingerprint density at radius 2 is 1.97 bits per heavy atom. The van der Waals surface area contributed by atoms with E-state index < -0.39 is 4.92 Å². The molecule has 8 nitrogen and oxygen atoms in total. The van der Waals surface area contributed by atoms with Crippen molar-refractivity contribution in [3.05, 3.63) is 81.2 Å². The third kappa shape index (κ3) is 4.65. The first kappa shape index (κ1) is 22.3. The van der Waals surface area contributed by atoms with Crippen molar-refractivity contribution in [1.82, 2.24) is 4.90 Å². The third-order valence-electron chi connectivity index (χ3n) is 4.82. The van der Waals surface area contributed by atoms with E-state index in [-0.39, 0.29) is 17.4 Å². The molecule has 168 valence electrons. The second-order valence-corrected chi connectivity index (χ2v) is 7.88. The van der Waals surface area contributed by atoms with Gasteiger partial charge in [0.1, 0.15) is 23.1 Å². The van der Waals surface area contributed by atoms with Gasteiger partial charge in [0.2, 0.25) is 0 Å². The van der Waals surface area contributed by atoms with Gasteiger partial charge in [0.05, 0.1) is 34.3 Å². The summed E-state index contributed by atoms with van der Waals surface area (Å²) in [5, 5.41) is 11.5. The fourth-order valence-electron chi connectivity index (χ4n) is 3.20. The average molecular weight is 467 g/mol. The molecule has 4 rings (SSSR count). The van der Waals surface area contributed by atoms with Gasteiger partial charge < -0.3 is 9.15 Å². The molecule has 0 unspecified atom stereocenters. The van der Waals surface area contributed by atoms with Crippen LogP contribution in [0.4, 0.5) is 15.8 Å². The number of amides is 1. The number of rotatable bonds is 6. The number of halogens is 1. The Bertz CT molecular complexity index is 1280. The van der Waals surface area contributed by atoms with E-state index in [1.165, 1.54) is 48.0 Å². The highest BCUT2D eigenvalue weighted by molar-refractivity contribution is 8.18. The van der Waals surface area contributed by atoms with Gasteiger partial charge in [-0.3, -0.25) is 19.8 Å². The van der Waals surface area contributed by atoms with E-state index in [1.54, 1.807) is 36.4 Å². The highest BCUT2D eigenvalue weighted by Crippen LogP contribution is 2.37. The second-order valence-electron chi connectivity index (χ2n) is 6.87. The molecule has 0 atom stereocenters. The van der Waals surface area contributed by atoms with Crippen LogP contribution in [0.3, 0.4) is 0 Å². The first-order valence-electron chi connectivity index (χ1n) is 9.88. The van der Waals surface area contributed by atoms with Crippen LogP contribution in [0.1, 0.15) is 12.7 Å². The molecule has 1 aliphatic heterocycles. The number of hydrogen-bond donors (Lipinski definition) is 0. The van der Waals surface area contributed by atoms with Crippen molar-refractivity contribution >= 4 is 40.3 Å². The summed E-state index contributed by atoms with van der Waals surface area (Å²) in [6.45, 7) is 2.26. The van der Waals surface area contributed by atoms with Gasteiger partial charge in [-0.05, 0) is 61.2 Å². The average Bonchev–Trinajstić information content (AvgIpc) is 3.39. The lowest BCUT2D eigenvalue weighted by molar-refractivity contribution is -0.384. The highest BCUT2D eigenvalue weighted by Gasteiger charge is 2.32. The van der Waals surface area contributed by atoms with Crippen molar-refractivity contribution in [2.24, 2.45) is 4.99 Å². The van der Waals surface area contributed by atoms with Crippen molar-refractivity contribution in [3.63, 3.8) is 0 Å². The van der Waals surface area contributed by atoms with Crippen LogP contribution in [0, 0.1) is 15.9 Å². The summed E-state index contributed by atoms with van der Waals surface area (Å²) in [5.41, 5.74) is 0.994. The summed E-state index contributed by atoms with van der Waals surface area (Å²) >= 11 is 1.20. The summed E-state index contributed by atoms with van der Waals surface area (Å²) in [7, 11) is 1.42. The van der Waals surface area contributed by atoms with E-state index in [9.17, 15) is 19.3 Å². The molecule has 0 bridgehead atoms. The van der Waals surface area contributed by atoms with Crippen molar-refractivity contribution in [3.8, 4) is 17.1 Å². The predicted molar refractivity (Wildman–Crippen MR) is 124 cm³/mol. The van der Waals surface area contributed by atoms with E-state index in [2.05, 4.69) is 4.99 Å². The Morgan fingerprint density at radius 1 is 1.21 bits per heavy atom. The lowest BCUT2D eigenvalue weighted by atomic mass is 10.1. The normalized spacial score (nSPS) is 16.1. The Balaban J connectivity index is 1.62. The number of carbonyl (C=O) groups excluding carboxylic acids is 1. The summed E-state index contributed by atoms with van der Waals surface area (Å²) in [5.74, 6) is 0.599. The monoisotopic (exact) mass is 467 g/mol. The maximum Gasteiger partial charge on any atom is 0.273 e. The molecule has 1 saturated heterocycles. The maximum atomic E-state index is 13.2. The number of amidine groups is 1. The molecule has 1 amide bonds. The number of benzene rings is 2. The zero-order valence-electron chi connectivity index (χ0n) is 17.6. The van der Waals surface area contributed by atoms with Crippen molar-refractivity contribution in [2.75, 3.05) is 13.7 Å².